The highest BCUT2D eigenvalue weighted by atomic mass is 32.2. The van der Waals surface area contributed by atoms with E-state index in [4.69, 9.17) is 0 Å². The number of fused-ring (bicyclic) bond motifs is 3. The minimum absolute atomic E-state index is 0.128. The molecule has 4 nitrogen and oxygen atoms in total. The molecule has 1 saturated heterocycles. The van der Waals surface area contributed by atoms with Crippen LogP contribution in [0.3, 0.4) is 0 Å². The molecule has 2 aromatic rings. The van der Waals surface area contributed by atoms with Gasteiger partial charge in [0.1, 0.15) is 0 Å². The predicted octanol–water partition coefficient (Wildman–Crippen LogP) is 3.82. The third-order valence-electron chi connectivity index (χ3n) is 6.20. The van der Waals surface area contributed by atoms with E-state index in [1.807, 2.05) is 6.07 Å². The molecule has 0 unspecified atom stereocenters. The molecule has 7 heteroatoms. The molecular weight excluding hydrogens is 382 g/mol. The second-order valence-corrected chi connectivity index (χ2v) is 9.55. The molecule has 0 spiro atoms. The average molecular weight is 406 g/mol. The van der Waals surface area contributed by atoms with E-state index < -0.39 is 21.5 Å². The van der Waals surface area contributed by atoms with Crippen LogP contribution < -0.4 is 4.90 Å². The van der Waals surface area contributed by atoms with Gasteiger partial charge in [0.15, 0.2) is 11.6 Å². The molecule has 28 heavy (non-hydrogen) atoms. The fourth-order valence-corrected chi connectivity index (χ4v) is 5.87. The van der Waals surface area contributed by atoms with Crippen LogP contribution in [0.15, 0.2) is 46.2 Å². The maximum absolute atomic E-state index is 13.6. The molecule has 0 N–H and O–H groups in total. The summed E-state index contributed by atoms with van der Waals surface area (Å²) in [6.45, 7) is 5.20. The van der Waals surface area contributed by atoms with Gasteiger partial charge in [-0.1, -0.05) is 6.92 Å². The lowest BCUT2D eigenvalue weighted by Crippen LogP contribution is -2.31. The van der Waals surface area contributed by atoms with Gasteiger partial charge in [0.05, 0.1) is 9.79 Å². The summed E-state index contributed by atoms with van der Waals surface area (Å²) >= 11 is 0. The average Bonchev–Trinajstić information content (AvgIpc) is 2.83. The number of likely N-dealkylation sites (N-methyl/N-ethyl adjacent to an activating group) is 1. The SMILES string of the molecule is CCN1CC[C@@H]2c3cc(S(=O)(=O)c4ccc(F)c(F)c4)ccc3N(C)[C@H]2CC1. The summed E-state index contributed by atoms with van der Waals surface area (Å²) in [5, 5.41) is 0. The zero-order valence-corrected chi connectivity index (χ0v) is 16.8. The molecule has 0 bridgehead atoms. The number of likely N-dealkylation sites (tertiary alicyclic amines) is 1. The maximum atomic E-state index is 13.6. The Hall–Kier alpha value is -1.99. The van der Waals surface area contributed by atoms with E-state index in [0.29, 0.717) is 6.04 Å². The van der Waals surface area contributed by atoms with Gasteiger partial charge in [0.25, 0.3) is 0 Å². The smallest absolute Gasteiger partial charge is 0.206 e. The van der Waals surface area contributed by atoms with Gasteiger partial charge >= 0.3 is 0 Å². The van der Waals surface area contributed by atoms with Gasteiger partial charge < -0.3 is 9.80 Å². The van der Waals surface area contributed by atoms with Crippen molar-refractivity contribution in [2.24, 2.45) is 0 Å². The van der Waals surface area contributed by atoms with Crippen LogP contribution in [0.2, 0.25) is 0 Å². The molecule has 150 valence electrons. The first-order valence-electron chi connectivity index (χ1n) is 9.62. The first kappa shape index (κ1) is 19.3. The lowest BCUT2D eigenvalue weighted by Gasteiger charge is -2.25. The fourth-order valence-electron chi connectivity index (χ4n) is 4.56. The Morgan fingerprint density at radius 2 is 1.68 bits per heavy atom. The van der Waals surface area contributed by atoms with Crippen LogP contribution in [0.4, 0.5) is 14.5 Å². The summed E-state index contributed by atoms with van der Waals surface area (Å²) < 4.78 is 52.8. The van der Waals surface area contributed by atoms with E-state index in [-0.39, 0.29) is 15.7 Å². The molecule has 2 aromatic carbocycles. The molecule has 2 aliphatic rings. The summed E-state index contributed by atoms with van der Waals surface area (Å²) in [4.78, 5) is 4.58. The molecule has 0 aliphatic carbocycles. The van der Waals surface area contributed by atoms with Crippen LogP contribution in [-0.4, -0.2) is 46.0 Å². The molecule has 1 fully saturated rings. The van der Waals surface area contributed by atoms with Crippen molar-refractivity contribution in [2.75, 3.05) is 31.6 Å². The van der Waals surface area contributed by atoms with Gasteiger partial charge in [0, 0.05) is 31.2 Å². The number of hydrogen-bond acceptors (Lipinski definition) is 4. The predicted molar refractivity (Wildman–Crippen MR) is 105 cm³/mol. The van der Waals surface area contributed by atoms with Crippen molar-refractivity contribution in [1.82, 2.24) is 4.90 Å². The van der Waals surface area contributed by atoms with Gasteiger partial charge in [-0.05, 0) is 67.9 Å². The topological polar surface area (TPSA) is 40.6 Å². The number of nitrogens with zero attached hydrogens (tertiary/aromatic N) is 2. The summed E-state index contributed by atoms with van der Waals surface area (Å²) in [7, 11) is -1.85. The molecular formula is C21H24F2N2O2S. The van der Waals surface area contributed by atoms with Crippen LogP contribution >= 0.6 is 0 Å². The maximum Gasteiger partial charge on any atom is 0.206 e. The van der Waals surface area contributed by atoms with Gasteiger partial charge in [-0.25, -0.2) is 17.2 Å². The third kappa shape index (κ3) is 3.10. The molecule has 0 aromatic heterocycles. The number of hydrogen-bond donors (Lipinski definition) is 0. The van der Waals surface area contributed by atoms with Crippen LogP contribution in [-0.2, 0) is 9.84 Å². The van der Waals surface area contributed by atoms with E-state index in [1.165, 1.54) is 0 Å². The summed E-state index contributed by atoms with van der Waals surface area (Å²) in [6, 6.07) is 8.20. The minimum atomic E-state index is -3.92. The summed E-state index contributed by atoms with van der Waals surface area (Å²) in [5.74, 6) is -1.95. The fraction of sp³-hybridized carbons (Fsp3) is 0.429. The van der Waals surface area contributed by atoms with Crippen molar-refractivity contribution >= 4 is 15.5 Å². The first-order chi connectivity index (χ1) is 13.3. The standard InChI is InChI=1S/C21H24F2N2O2S/c1-3-25-10-8-16-17-12-14(5-7-20(17)24(2)21(16)9-11-25)28(26,27)15-4-6-18(22)19(23)13-15/h4-7,12-13,16,21H,3,8-11H2,1-2H3/t16-,21+/m1/s1. The quantitative estimate of drug-likeness (QED) is 0.727. The van der Waals surface area contributed by atoms with Crippen molar-refractivity contribution in [3.63, 3.8) is 0 Å². The largest absolute Gasteiger partial charge is 0.371 e. The number of anilines is 1. The molecule has 0 amide bonds. The Balaban J connectivity index is 1.73. The van der Waals surface area contributed by atoms with Crippen molar-refractivity contribution in [3.8, 4) is 0 Å². The first-order valence-corrected chi connectivity index (χ1v) is 11.1. The van der Waals surface area contributed by atoms with Crippen molar-refractivity contribution in [3.05, 3.63) is 53.6 Å². The zero-order valence-electron chi connectivity index (χ0n) is 16.0. The second-order valence-electron chi connectivity index (χ2n) is 7.60. The Bertz CT molecular complexity index is 1010. The second kappa shape index (κ2) is 7.12. The monoisotopic (exact) mass is 406 g/mol. The summed E-state index contributed by atoms with van der Waals surface area (Å²) in [5.41, 5.74) is 2.10. The van der Waals surface area contributed by atoms with Crippen molar-refractivity contribution < 1.29 is 17.2 Å². The third-order valence-corrected chi connectivity index (χ3v) is 7.95. The molecule has 2 heterocycles. The molecule has 4 rings (SSSR count). The van der Waals surface area contributed by atoms with E-state index >= 15 is 0 Å². The van der Waals surface area contributed by atoms with Crippen LogP contribution in [0, 0.1) is 11.6 Å². The Morgan fingerprint density at radius 1 is 1.00 bits per heavy atom. The molecule has 2 atom stereocenters. The van der Waals surface area contributed by atoms with E-state index in [2.05, 4.69) is 23.8 Å². The van der Waals surface area contributed by atoms with Gasteiger partial charge in [-0.2, -0.15) is 0 Å². The van der Waals surface area contributed by atoms with E-state index in [0.717, 1.165) is 61.9 Å². The van der Waals surface area contributed by atoms with Crippen LogP contribution in [0.1, 0.15) is 31.2 Å². The Labute approximate surface area is 164 Å². The van der Waals surface area contributed by atoms with Crippen molar-refractivity contribution in [1.29, 1.82) is 0 Å². The van der Waals surface area contributed by atoms with Crippen molar-refractivity contribution in [2.45, 2.75) is 41.5 Å². The highest BCUT2D eigenvalue weighted by Gasteiger charge is 2.38. The lowest BCUT2D eigenvalue weighted by molar-refractivity contribution is 0.298. The van der Waals surface area contributed by atoms with Crippen LogP contribution in [0.25, 0.3) is 0 Å². The zero-order chi connectivity index (χ0) is 20.1. The van der Waals surface area contributed by atoms with E-state index in [1.54, 1.807) is 12.1 Å². The molecule has 2 aliphatic heterocycles. The van der Waals surface area contributed by atoms with E-state index in [9.17, 15) is 17.2 Å². The summed E-state index contributed by atoms with van der Waals surface area (Å²) in [6.07, 6.45) is 2.01. The Morgan fingerprint density at radius 3 is 2.39 bits per heavy atom. The molecule has 0 saturated carbocycles. The Kier molecular flexibility index (Phi) is 4.91. The highest BCUT2D eigenvalue weighted by Crippen LogP contribution is 2.45. The van der Waals surface area contributed by atoms with Gasteiger partial charge in [0.2, 0.25) is 9.84 Å². The number of halogens is 2. The number of sulfone groups is 1. The van der Waals surface area contributed by atoms with Crippen LogP contribution in [0.5, 0.6) is 0 Å². The highest BCUT2D eigenvalue weighted by molar-refractivity contribution is 7.91. The lowest BCUT2D eigenvalue weighted by atomic mass is 9.91. The normalized spacial score (nSPS) is 22.6. The number of rotatable bonds is 3. The number of benzene rings is 2. The minimum Gasteiger partial charge on any atom is -0.371 e. The van der Waals surface area contributed by atoms with Gasteiger partial charge in [-0.15, -0.1) is 0 Å². The molecule has 0 radical (unpaired) electrons. The van der Waals surface area contributed by atoms with Gasteiger partial charge in [-0.3, -0.25) is 0 Å².